The molecule has 0 N–H and O–H groups in total. The van der Waals surface area contributed by atoms with Gasteiger partial charge in [-0.05, 0) is 26.0 Å². The average Bonchev–Trinajstić information content (AvgIpc) is 2.50. The Kier molecular flexibility index (Phi) is 5.51. The van der Waals surface area contributed by atoms with Gasteiger partial charge in [-0.25, -0.2) is 9.97 Å². The number of aromatic nitrogens is 2. The fourth-order valence-corrected chi connectivity index (χ4v) is 1.99. The summed E-state index contributed by atoms with van der Waals surface area (Å²) in [5.41, 5.74) is 0.465. The number of ether oxygens (including phenoxy) is 4. The van der Waals surface area contributed by atoms with Crippen LogP contribution in [0, 0.1) is 0 Å². The minimum Gasteiger partial charge on any atom is -0.474 e. The first-order valence-electron chi connectivity index (χ1n) is 7.43. The number of hydrogen-bond donors (Lipinski definition) is 0. The second kappa shape index (κ2) is 7.58. The lowest BCUT2D eigenvalue weighted by Gasteiger charge is -2.13. The molecule has 0 saturated carbocycles. The van der Waals surface area contributed by atoms with Crippen LogP contribution in [-0.4, -0.2) is 35.1 Å². The Hall–Kier alpha value is -2.90. The Morgan fingerprint density at radius 2 is 1.21 bits per heavy atom. The summed E-state index contributed by atoms with van der Waals surface area (Å²) in [5.74, 6) is -0.314. The summed E-state index contributed by atoms with van der Waals surface area (Å²) in [4.78, 5) is 31.2. The number of nitrogens with zero attached hydrogens (tertiary/aromatic N) is 2. The van der Waals surface area contributed by atoms with E-state index in [1.165, 1.54) is 26.0 Å². The summed E-state index contributed by atoms with van der Waals surface area (Å²) in [6.45, 7) is 6.85. The zero-order valence-corrected chi connectivity index (χ0v) is 13.9. The summed E-state index contributed by atoms with van der Waals surface area (Å²) < 4.78 is 21.1. The van der Waals surface area contributed by atoms with Crippen molar-refractivity contribution in [2.75, 3.05) is 13.2 Å². The van der Waals surface area contributed by atoms with Crippen molar-refractivity contribution >= 4 is 23.0 Å². The molecule has 0 unspecified atom stereocenters. The number of rotatable bonds is 6. The normalized spacial score (nSPS) is 10.3. The van der Waals surface area contributed by atoms with Crippen LogP contribution in [-0.2, 0) is 9.59 Å². The quantitative estimate of drug-likeness (QED) is 0.586. The molecule has 0 aliphatic rings. The molecule has 0 radical (unpaired) electrons. The predicted octanol–water partition coefficient (Wildman–Crippen LogP) is 2.28. The smallest absolute Gasteiger partial charge is 0.308 e. The number of carbonyl (C=O) groups is 2. The lowest BCUT2D eigenvalue weighted by molar-refractivity contribution is -0.132. The van der Waals surface area contributed by atoms with Crippen molar-refractivity contribution in [1.29, 1.82) is 0 Å². The molecule has 1 heterocycles. The van der Waals surface area contributed by atoms with Gasteiger partial charge < -0.3 is 18.9 Å². The van der Waals surface area contributed by atoms with E-state index in [0.717, 1.165) is 0 Å². The molecular weight excluding hydrogens is 316 g/mol. The third-order valence-electron chi connectivity index (χ3n) is 2.76. The molecule has 0 spiro atoms. The summed E-state index contributed by atoms with van der Waals surface area (Å²) in [6, 6.07) is 2.96. The molecule has 0 saturated heterocycles. The predicted molar refractivity (Wildman–Crippen MR) is 84.5 cm³/mol. The molecule has 8 heteroatoms. The van der Waals surface area contributed by atoms with Crippen LogP contribution < -0.4 is 18.9 Å². The first-order valence-corrected chi connectivity index (χ1v) is 7.43. The molecular formula is C16H18N2O6. The zero-order chi connectivity index (χ0) is 17.7. The second-order valence-corrected chi connectivity index (χ2v) is 4.65. The van der Waals surface area contributed by atoms with Crippen LogP contribution in [0.1, 0.15) is 27.7 Å². The average molecular weight is 334 g/mol. The van der Waals surface area contributed by atoms with Gasteiger partial charge >= 0.3 is 11.9 Å². The maximum Gasteiger partial charge on any atom is 0.308 e. The molecule has 2 aromatic rings. The highest BCUT2D eigenvalue weighted by Gasteiger charge is 2.19. The molecule has 8 nitrogen and oxygen atoms in total. The minimum atomic E-state index is -0.509. The van der Waals surface area contributed by atoms with Crippen LogP contribution in [0.15, 0.2) is 12.1 Å². The number of carbonyl (C=O) groups excluding carboxylic acids is 2. The van der Waals surface area contributed by atoms with Gasteiger partial charge in [0.15, 0.2) is 11.5 Å². The molecule has 2 rings (SSSR count). The van der Waals surface area contributed by atoms with Gasteiger partial charge in [0.1, 0.15) is 11.0 Å². The lowest BCUT2D eigenvalue weighted by atomic mass is 10.2. The van der Waals surface area contributed by atoms with Gasteiger partial charge in [-0.1, -0.05) is 0 Å². The Balaban J connectivity index is 2.71. The molecule has 24 heavy (non-hydrogen) atoms. The van der Waals surface area contributed by atoms with Gasteiger partial charge in [0.05, 0.1) is 13.2 Å². The monoisotopic (exact) mass is 334 g/mol. The fraction of sp³-hybridized carbons (Fsp3) is 0.375. The second-order valence-electron chi connectivity index (χ2n) is 4.65. The highest BCUT2D eigenvalue weighted by molar-refractivity contribution is 5.91. The molecule has 1 aromatic heterocycles. The summed E-state index contributed by atoms with van der Waals surface area (Å²) in [6.07, 6.45) is 0. The standard InChI is InChI=1S/C16H18N2O6/c1-5-21-15-16(22-6-2)18-14-12(24-10(4)20)8-7-11(13(14)17-15)23-9(3)19/h7-8H,5-6H2,1-4H3. The van der Waals surface area contributed by atoms with Crippen LogP contribution >= 0.6 is 0 Å². The summed E-state index contributed by atoms with van der Waals surface area (Å²) in [5, 5.41) is 0. The van der Waals surface area contributed by atoms with Crippen molar-refractivity contribution in [1.82, 2.24) is 9.97 Å². The van der Waals surface area contributed by atoms with Crippen molar-refractivity contribution in [3.63, 3.8) is 0 Å². The van der Waals surface area contributed by atoms with E-state index in [4.69, 9.17) is 18.9 Å². The molecule has 0 bridgehead atoms. The number of benzene rings is 1. The van der Waals surface area contributed by atoms with Gasteiger partial charge in [-0.3, -0.25) is 9.59 Å². The van der Waals surface area contributed by atoms with Crippen LogP contribution in [0.3, 0.4) is 0 Å². The van der Waals surface area contributed by atoms with E-state index >= 15 is 0 Å². The molecule has 1 aromatic carbocycles. The van der Waals surface area contributed by atoms with Crippen molar-refractivity contribution in [2.24, 2.45) is 0 Å². The number of hydrogen-bond acceptors (Lipinski definition) is 8. The Labute approximate surface area is 138 Å². The van der Waals surface area contributed by atoms with Gasteiger partial charge in [0.2, 0.25) is 0 Å². The molecule has 0 aliphatic heterocycles. The molecule has 0 atom stereocenters. The van der Waals surface area contributed by atoms with Crippen molar-refractivity contribution in [3.05, 3.63) is 12.1 Å². The lowest BCUT2D eigenvalue weighted by Crippen LogP contribution is -2.08. The number of fused-ring (bicyclic) bond motifs is 1. The minimum absolute atomic E-state index is 0.167. The van der Waals surface area contributed by atoms with Crippen LogP contribution in [0.2, 0.25) is 0 Å². The first kappa shape index (κ1) is 17.5. The molecule has 128 valence electrons. The van der Waals surface area contributed by atoms with Crippen LogP contribution in [0.5, 0.6) is 23.3 Å². The van der Waals surface area contributed by atoms with E-state index in [9.17, 15) is 9.59 Å². The van der Waals surface area contributed by atoms with Gasteiger partial charge in [0.25, 0.3) is 11.8 Å². The van der Waals surface area contributed by atoms with E-state index in [0.29, 0.717) is 13.2 Å². The van der Waals surface area contributed by atoms with Crippen molar-refractivity contribution in [2.45, 2.75) is 27.7 Å². The summed E-state index contributed by atoms with van der Waals surface area (Å²) >= 11 is 0. The van der Waals surface area contributed by atoms with Crippen molar-refractivity contribution < 1.29 is 28.5 Å². The highest BCUT2D eigenvalue weighted by Crippen LogP contribution is 2.35. The molecule has 0 amide bonds. The number of esters is 2. The Morgan fingerprint density at radius 3 is 1.50 bits per heavy atom. The Morgan fingerprint density at radius 1 is 0.833 bits per heavy atom. The first-order chi connectivity index (χ1) is 11.5. The van der Waals surface area contributed by atoms with Gasteiger partial charge in [-0.15, -0.1) is 0 Å². The maximum atomic E-state index is 11.3. The van der Waals surface area contributed by atoms with Crippen LogP contribution in [0.25, 0.3) is 11.0 Å². The third kappa shape index (κ3) is 3.89. The van der Waals surface area contributed by atoms with E-state index in [-0.39, 0.29) is 34.3 Å². The highest BCUT2D eigenvalue weighted by atomic mass is 16.5. The van der Waals surface area contributed by atoms with Gasteiger partial charge in [-0.2, -0.15) is 0 Å². The zero-order valence-electron chi connectivity index (χ0n) is 13.9. The third-order valence-corrected chi connectivity index (χ3v) is 2.76. The molecule has 0 fully saturated rings. The summed E-state index contributed by atoms with van der Waals surface area (Å²) in [7, 11) is 0. The maximum absolute atomic E-state index is 11.3. The fourth-order valence-electron chi connectivity index (χ4n) is 1.99. The molecule has 0 aliphatic carbocycles. The Bertz CT molecular complexity index is 710. The SMILES string of the molecule is CCOc1nc2c(OC(C)=O)ccc(OC(C)=O)c2nc1OCC. The van der Waals surface area contributed by atoms with E-state index in [2.05, 4.69) is 9.97 Å². The van der Waals surface area contributed by atoms with E-state index in [1.807, 2.05) is 0 Å². The van der Waals surface area contributed by atoms with Crippen LogP contribution in [0.4, 0.5) is 0 Å². The van der Waals surface area contributed by atoms with Crippen molar-refractivity contribution in [3.8, 4) is 23.3 Å². The topological polar surface area (TPSA) is 96.8 Å². The van der Waals surface area contributed by atoms with E-state index in [1.54, 1.807) is 13.8 Å². The van der Waals surface area contributed by atoms with Gasteiger partial charge in [0, 0.05) is 13.8 Å². The largest absolute Gasteiger partial charge is 0.474 e. The van der Waals surface area contributed by atoms with E-state index < -0.39 is 11.9 Å².